The van der Waals surface area contributed by atoms with E-state index in [1.54, 1.807) is 0 Å². The quantitative estimate of drug-likeness (QED) is 0.561. The first-order chi connectivity index (χ1) is 12.5. The van der Waals surface area contributed by atoms with E-state index in [0.29, 0.717) is 18.8 Å². The number of carboxylic acid groups (broad SMARTS) is 1. The highest BCUT2D eigenvalue weighted by Crippen LogP contribution is 2.43. The molecule has 0 aromatic rings. The van der Waals surface area contributed by atoms with Gasteiger partial charge < -0.3 is 15.7 Å². The van der Waals surface area contributed by atoms with E-state index in [2.05, 4.69) is 10.6 Å². The second-order valence-electron chi connectivity index (χ2n) is 9.43. The van der Waals surface area contributed by atoms with Crippen molar-refractivity contribution in [3.63, 3.8) is 0 Å². The summed E-state index contributed by atoms with van der Waals surface area (Å²) in [4.78, 5) is 38.3. The molecule has 1 aliphatic rings. The van der Waals surface area contributed by atoms with Crippen LogP contribution in [-0.4, -0.2) is 36.0 Å². The first-order valence-electron chi connectivity index (χ1n) is 10.2. The number of carbonyl (C=O) groups excluding carboxylic acids is 2. The van der Waals surface area contributed by atoms with Gasteiger partial charge >= 0.3 is 5.97 Å². The van der Waals surface area contributed by atoms with Crippen LogP contribution < -0.4 is 10.6 Å². The molecule has 0 heterocycles. The summed E-state index contributed by atoms with van der Waals surface area (Å²) in [5.41, 5.74) is -1.99. The van der Waals surface area contributed by atoms with E-state index < -0.39 is 28.7 Å². The highest BCUT2D eigenvalue weighted by Gasteiger charge is 2.53. The first kappa shape index (κ1) is 23.4. The maximum Gasteiger partial charge on any atom is 0.319 e. The third-order valence-electron chi connectivity index (χ3n) is 5.85. The minimum absolute atomic E-state index is 0.187. The van der Waals surface area contributed by atoms with Crippen LogP contribution in [0.2, 0.25) is 0 Å². The Bertz CT molecular complexity index is 533. The number of rotatable bonds is 8. The lowest BCUT2D eigenvalue weighted by molar-refractivity contribution is -0.163. The van der Waals surface area contributed by atoms with Gasteiger partial charge in [-0.2, -0.15) is 0 Å². The van der Waals surface area contributed by atoms with E-state index in [4.69, 9.17) is 0 Å². The van der Waals surface area contributed by atoms with Crippen LogP contribution in [0.1, 0.15) is 79.6 Å². The Morgan fingerprint density at radius 3 is 2.04 bits per heavy atom. The molecule has 0 saturated heterocycles. The van der Waals surface area contributed by atoms with E-state index in [0.717, 1.165) is 32.1 Å². The Balaban J connectivity index is 3.27. The molecule has 1 aliphatic carbocycles. The summed E-state index contributed by atoms with van der Waals surface area (Å²) in [5.74, 6) is -1.75. The monoisotopic (exact) mass is 382 g/mol. The lowest BCUT2D eigenvalue weighted by atomic mass is 9.64. The van der Waals surface area contributed by atoms with Crippen molar-refractivity contribution < 1.29 is 19.5 Å². The molecule has 2 amide bonds. The summed E-state index contributed by atoms with van der Waals surface area (Å²) in [7, 11) is 1.53. The largest absolute Gasteiger partial charge is 0.480 e. The topological polar surface area (TPSA) is 95.5 Å². The molecule has 1 unspecified atom stereocenters. The number of likely N-dealkylation sites (N-methyl/N-ethyl adjacent to an activating group) is 1. The van der Waals surface area contributed by atoms with Crippen LogP contribution in [-0.2, 0) is 14.4 Å². The van der Waals surface area contributed by atoms with Crippen molar-refractivity contribution in [2.45, 2.75) is 85.6 Å². The molecule has 2 atom stereocenters. The molecule has 0 aromatic carbocycles. The van der Waals surface area contributed by atoms with Gasteiger partial charge in [0.05, 0.1) is 0 Å². The van der Waals surface area contributed by atoms with Crippen LogP contribution >= 0.6 is 0 Å². The van der Waals surface area contributed by atoms with Crippen LogP contribution in [0.3, 0.4) is 0 Å². The molecule has 1 rings (SSSR count). The Kier molecular flexibility index (Phi) is 8.30. The molecule has 0 bridgehead atoms. The molecule has 0 spiro atoms. The number of amides is 2. The summed E-state index contributed by atoms with van der Waals surface area (Å²) >= 11 is 0. The minimum atomic E-state index is -1.47. The van der Waals surface area contributed by atoms with Crippen LogP contribution in [0.15, 0.2) is 0 Å². The van der Waals surface area contributed by atoms with E-state index in [9.17, 15) is 19.5 Å². The molecular weight excluding hydrogens is 344 g/mol. The van der Waals surface area contributed by atoms with Crippen molar-refractivity contribution in [1.29, 1.82) is 0 Å². The fourth-order valence-corrected chi connectivity index (χ4v) is 4.07. The lowest BCUT2D eigenvalue weighted by Gasteiger charge is -2.40. The average Bonchev–Trinajstić information content (AvgIpc) is 2.59. The number of nitrogens with one attached hydrogen (secondary N) is 2. The third-order valence-corrected chi connectivity index (χ3v) is 5.85. The molecular formula is C21H38N2O4. The summed E-state index contributed by atoms with van der Waals surface area (Å²) in [6.45, 7) is 9.67. The molecule has 6 heteroatoms. The van der Waals surface area contributed by atoms with E-state index in [-0.39, 0.29) is 11.8 Å². The maximum absolute atomic E-state index is 13.4. The highest BCUT2D eigenvalue weighted by molar-refractivity contribution is 6.04. The van der Waals surface area contributed by atoms with Crippen molar-refractivity contribution in [2.24, 2.45) is 22.7 Å². The Morgan fingerprint density at radius 2 is 1.63 bits per heavy atom. The van der Waals surface area contributed by atoms with E-state index in [1.807, 2.05) is 34.6 Å². The number of aliphatic carboxylic acids is 1. The Morgan fingerprint density at radius 1 is 1.07 bits per heavy atom. The molecule has 1 saturated carbocycles. The predicted octanol–water partition coefficient (Wildman–Crippen LogP) is 3.35. The first-order valence-corrected chi connectivity index (χ1v) is 10.2. The number of carboxylic acids is 1. The van der Waals surface area contributed by atoms with Gasteiger partial charge in [0, 0.05) is 7.05 Å². The van der Waals surface area contributed by atoms with Gasteiger partial charge in [0.25, 0.3) is 0 Å². The minimum Gasteiger partial charge on any atom is -0.480 e. The summed E-state index contributed by atoms with van der Waals surface area (Å²) < 4.78 is 0. The number of hydrogen-bond donors (Lipinski definition) is 3. The van der Waals surface area contributed by atoms with Gasteiger partial charge in [-0.25, -0.2) is 0 Å². The normalized spacial score (nSPS) is 19.2. The van der Waals surface area contributed by atoms with Gasteiger partial charge in [0.2, 0.25) is 11.8 Å². The molecule has 0 radical (unpaired) electrons. The second-order valence-corrected chi connectivity index (χ2v) is 9.43. The average molecular weight is 383 g/mol. The van der Waals surface area contributed by atoms with Crippen molar-refractivity contribution >= 4 is 17.8 Å². The molecule has 27 heavy (non-hydrogen) atoms. The smallest absolute Gasteiger partial charge is 0.319 e. The number of hydrogen-bond acceptors (Lipinski definition) is 3. The zero-order valence-electron chi connectivity index (χ0n) is 17.9. The van der Waals surface area contributed by atoms with Crippen molar-refractivity contribution in [2.75, 3.05) is 7.05 Å². The van der Waals surface area contributed by atoms with Crippen LogP contribution in [0, 0.1) is 22.7 Å². The molecule has 6 nitrogen and oxygen atoms in total. The van der Waals surface area contributed by atoms with Gasteiger partial charge in [-0.05, 0) is 42.9 Å². The van der Waals surface area contributed by atoms with E-state index >= 15 is 0 Å². The molecule has 0 aliphatic heterocycles. The standard InChI is InChI=1S/C21H38N2O4/c1-14(2)12-13-21(19(26)27,15-10-8-7-9-11-15)18(25)23-16(17(24)22-6)20(3,4)5/h14-16H,7-13H2,1-6H3,(H,22,24)(H,23,25)(H,26,27)/t16?,21-/m0/s1. The maximum atomic E-state index is 13.4. The fraction of sp³-hybridized carbons (Fsp3) is 0.857. The predicted molar refractivity (Wildman–Crippen MR) is 106 cm³/mol. The molecule has 156 valence electrons. The van der Waals surface area contributed by atoms with Gasteiger partial charge in [-0.3, -0.25) is 14.4 Å². The Hall–Kier alpha value is -1.59. The lowest BCUT2D eigenvalue weighted by Crippen LogP contribution is -2.60. The third kappa shape index (κ3) is 5.69. The second kappa shape index (κ2) is 9.56. The number of carbonyl (C=O) groups is 3. The molecule has 0 aromatic heterocycles. The summed E-state index contributed by atoms with van der Waals surface area (Å²) in [6, 6.07) is -0.781. The van der Waals surface area contributed by atoms with Gasteiger partial charge in [0.1, 0.15) is 11.5 Å². The summed E-state index contributed by atoms with van der Waals surface area (Å²) in [5, 5.41) is 15.6. The zero-order valence-corrected chi connectivity index (χ0v) is 17.9. The molecule has 1 fully saturated rings. The Labute approximate surface area is 163 Å². The van der Waals surface area contributed by atoms with Crippen molar-refractivity contribution in [3.05, 3.63) is 0 Å². The van der Waals surface area contributed by atoms with Crippen molar-refractivity contribution in [3.8, 4) is 0 Å². The van der Waals surface area contributed by atoms with Crippen LogP contribution in [0.4, 0.5) is 0 Å². The summed E-state index contributed by atoms with van der Waals surface area (Å²) in [6.07, 6.45) is 5.45. The van der Waals surface area contributed by atoms with Crippen LogP contribution in [0.5, 0.6) is 0 Å². The van der Waals surface area contributed by atoms with Gasteiger partial charge in [0.15, 0.2) is 0 Å². The van der Waals surface area contributed by atoms with Gasteiger partial charge in [-0.15, -0.1) is 0 Å². The zero-order chi connectivity index (χ0) is 20.8. The highest BCUT2D eigenvalue weighted by atomic mass is 16.4. The molecule has 3 N–H and O–H groups in total. The van der Waals surface area contributed by atoms with Crippen LogP contribution in [0.25, 0.3) is 0 Å². The SMILES string of the molecule is CNC(=O)C(NC(=O)[C@@](CCC(C)C)(C(=O)O)C1CCCCC1)C(C)(C)C. The van der Waals surface area contributed by atoms with Crippen molar-refractivity contribution in [1.82, 2.24) is 10.6 Å². The van der Waals surface area contributed by atoms with Gasteiger partial charge in [-0.1, -0.05) is 53.9 Å². The van der Waals surface area contributed by atoms with E-state index in [1.165, 1.54) is 7.05 Å². The fourth-order valence-electron chi connectivity index (χ4n) is 4.07.